The molecule has 4 heteroatoms. The summed E-state index contributed by atoms with van der Waals surface area (Å²) in [6.45, 7) is 2.24. The summed E-state index contributed by atoms with van der Waals surface area (Å²) < 4.78 is 16.4. The smallest absolute Gasteiger partial charge is 0.377 e. The van der Waals surface area contributed by atoms with Crippen molar-refractivity contribution in [3.8, 4) is 0 Å². The maximum absolute atomic E-state index is 5.45. The van der Waals surface area contributed by atoms with Gasteiger partial charge < -0.3 is 13.3 Å². The molecule has 0 saturated carbocycles. The highest BCUT2D eigenvalue weighted by molar-refractivity contribution is 6.60. The molecule has 0 bridgehead atoms. The van der Waals surface area contributed by atoms with Gasteiger partial charge in [0.2, 0.25) is 0 Å². The van der Waals surface area contributed by atoms with Crippen LogP contribution in [0.15, 0.2) is 30.3 Å². The molecule has 0 N–H and O–H groups in total. The largest absolute Gasteiger partial charge is 0.500 e. The quantitative estimate of drug-likeness (QED) is 0.644. The first kappa shape index (κ1) is 16.4. The Hall–Kier alpha value is -0.683. The van der Waals surface area contributed by atoms with Gasteiger partial charge >= 0.3 is 8.80 Å². The van der Waals surface area contributed by atoms with Crippen molar-refractivity contribution in [2.75, 3.05) is 21.3 Å². The highest BCUT2D eigenvalue weighted by Crippen LogP contribution is 2.27. The molecule has 0 radical (unpaired) electrons. The van der Waals surface area contributed by atoms with Gasteiger partial charge in [0.1, 0.15) is 0 Å². The third-order valence-electron chi connectivity index (χ3n) is 3.73. The molecule has 19 heavy (non-hydrogen) atoms. The molecule has 0 aliphatic rings. The highest BCUT2D eigenvalue weighted by atomic mass is 28.4. The molecule has 0 amide bonds. The van der Waals surface area contributed by atoms with Crippen LogP contribution >= 0.6 is 0 Å². The molecule has 3 nitrogen and oxygen atoms in total. The van der Waals surface area contributed by atoms with Crippen molar-refractivity contribution in [2.45, 2.75) is 38.1 Å². The fourth-order valence-corrected chi connectivity index (χ4v) is 4.20. The fraction of sp³-hybridized carbons (Fsp3) is 0.600. The van der Waals surface area contributed by atoms with Crippen molar-refractivity contribution >= 4 is 8.80 Å². The van der Waals surface area contributed by atoms with Crippen LogP contribution < -0.4 is 0 Å². The van der Waals surface area contributed by atoms with E-state index in [0.717, 1.165) is 25.3 Å². The molecule has 1 aromatic rings. The fourth-order valence-electron chi connectivity index (χ4n) is 2.45. The summed E-state index contributed by atoms with van der Waals surface area (Å²) in [6, 6.07) is 11.6. The molecule has 0 heterocycles. The van der Waals surface area contributed by atoms with Crippen LogP contribution in [0.25, 0.3) is 0 Å². The predicted molar refractivity (Wildman–Crippen MR) is 80.3 cm³/mol. The molecule has 0 fully saturated rings. The van der Waals surface area contributed by atoms with E-state index in [-0.39, 0.29) is 0 Å². The Labute approximate surface area is 118 Å². The Morgan fingerprint density at radius 1 is 1.00 bits per heavy atom. The lowest BCUT2D eigenvalue weighted by Gasteiger charge is -2.25. The van der Waals surface area contributed by atoms with Crippen LogP contribution in [0, 0.1) is 0 Å². The number of hydrogen-bond donors (Lipinski definition) is 0. The van der Waals surface area contributed by atoms with Gasteiger partial charge in [-0.1, -0.05) is 37.3 Å². The number of hydrogen-bond acceptors (Lipinski definition) is 3. The molecule has 1 atom stereocenters. The first-order chi connectivity index (χ1) is 9.21. The van der Waals surface area contributed by atoms with E-state index < -0.39 is 8.80 Å². The highest BCUT2D eigenvalue weighted by Gasteiger charge is 2.37. The Morgan fingerprint density at radius 3 is 2.05 bits per heavy atom. The van der Waals surface area contributed by atoms with Gasteiger partial charge in [0.25, 0.3) is 0 Å². The monoisotopic (exact) mass is 282 g/mol. The van der Waals surface area contributed by atoms with Crippen molar-refractivity contribution in [3.63, 3.8) is 0 Å². The third-order valence-corrected chi connectivity index (χ3v) is 6.56. The summed E-state index contributed by atoms with van der Waals surface area (Å²) in [5.41, 5.74) is 1.42. The Kier molecular flexibility index (Phi) is 7.31. The SMILES string of the molecule is CCC(CCC[Si](OC)(OC)OC)c1ccccc1. The second-order valence-corrected chi connectivity index (χ2v) is 7.79. The lowest BCUT2D eigenvalue weighted by atomic mass is 9.92. The maximum atomic E-state index is 5.45. The second-order valence-electron chi connectivity index (χ2n) is 4.70. The van der Waals surface area contributed by atoms with Gasteiger partial charge in [0.15, 0.2) is 0 Å². The molecule has 0 spiro atoms. The van der Waals surface area contributed by atoms with Crippen LogP contribution in [0.3, 0.4) is 0 Å². The zero-order chi connectivity index (χ0) is 14.1. The van der Waals surface area contributed by atoms with E-state index in [1.54, 1.807) is 21.3 Å². The maximum Gasteiger partial charge on any atom is 0.500 e. The summed E-state index contributed by atoms with van der Waals surface area (Å²) >= 11 is 0. The van der Waals surface area contributed by atoms with Crippen LogP contribution in [0.1, 0.15) is 37.7 Å². The second kappa shape index (κ2) is 8.48. The lowest BCUT2D eigenvalue weighted by Crippen LogP contribution is -2.42. The molecular weight excluding hydrogens is 256 g/mol. The summed E-state index contributed by atoms with van der Waals surface area (Å²) in [6.07, 6.45) is 3.37. The van der Waals surface area contributed by atoms with E-state index >= 15 is 0 Å². The van der Waals surface area contributed by atoms with Gasteiger partial charge in [0.05, 0.1) is 0 Å². The van der Waals surface area contributed by atoms with E-state index in [9.17, 15) is 0 Å². The van der Waals surface area contributed by atoms with Crippen molar-refractivity contribution < 1.29 is 13.3 Å². The van der Waals surface area contributed by atoms with Gasteiger partial charge in [-0.05, 0) is 30.7 Å². The van der Waals surface area contributed by atoms with Gasteiger partial charge in [0, 0.05) is 27.4 Å². The summed E-state index contributed by atoms with van der Waals surface area (Å²) in [5.74, 6) is 0.610. The van der Waals surface area contributed by atoms with E-state index in [1.807, 2.05) is 0 Å². The van der Waals surface area contributed by atoms with Crippen LogP contribution in [0.2, 0.25) is 6.04 Å². The van der Waals surface area contributed by atoms with E-state index in [0.29, 0.717) is 5.92 Å². The Bertz CT molecular complexity index is 330. The third kappa shape index (κ3) is 4.73. The molecule has 0 aromatic heterocycles. The minimum absolute atomic E-state index is 0.610. The molecule has 1 rings (SSSR count). The number of rotatable bonds is 9. The molecule has 0 aliphatic carbocycles. The summed E-state index contributed by atoms with van der Waals surface area (Å²) in [7, 11) is 2.63. The van der Waals surface area contributed by atoms with Crippen molar-refractivity contribution in [1.29, 1.82) is 0 Å². The predicted octanol–water partition coefficient (Wildman–Crippen LogP) is 3.84. The van der Waals surface area contributed by atoms with Crippen LogP contribution in [0.4, 0.5) is 0 Å². The standard InChI is InChI=1S/C15H26O3Si/c1-5-14(15-10-7-6-8-11-15)12-9-13-19(16-2,17-3)18-4/h6-8,10-11,14H,5,9,12-13H2,1-4H3. The van der Waals surface area contributed by atoms with Crippen LogP contribution in [-0.2, 0) is 13.3 Å². The van der Waals surface area contributed by atoms with Gasteiger partial charge in [-0.2, -0.15) is 0 Å². The molecular formula is C15H26O3Si. The summed E-state index contributed by atoms with van der Waals surface area (Å²) in [4.78, 5) is 0. The first-order valence-corrected chi connectivity index (χ1v) is 8.85. The molecule has 0 saturated heterocycles. The zero-order valence-electron chi connectivity index (χ0n) is 12.5. The molecule has 108 valence electrons. The van der Waals surface area contributed by atoms with E-state index in [4.69, 9.17) is 13.3 Å². The van der Waals surface area contributed by atoms with E-state index in [2.05, 4.69) is 37.3 Å². The Balaban J connectivity index is 2.51. The topological polar surface area (TPSA) is 27.7 Å². The normalized spacial score (nSPS) is 13.5. The average molecular weight is 282 g/mol. The van der Waals surface area contributed by atoms with Crippen LogP contribution in [0.5, 0.6) is 0 Å². The van der Waals surface area contributed by atoms with Gasteiger partial charge in [-0.3, -0.25) is 0 Å². The minimum atomic E-state index is -2.40. The first-order valence-electron chi connectivity index (χ1n) is 6.91. The summed E-state index contributed by atoms with van der Waals surface area (Å²) in [5, 5.41) is 0. The lowest BCUT2D eigenvalue weighted by molar-refractivity contribution is 0.122. The van der Waals surface area contributed by atoms with Crippen molar-refractivity contribution in [2.24, 2.45) is 0 Å². The number of benzene rings is 1. The molecule has 1 unspecified atom stereocenters. The average Bonchev–Trinajstić information content (AvgIpc) is 2.49. The van der Waals surface area contributed by atoms with Crippen molar-refractivity contribution in [3.05, 3.63) is 35.9 Å². The zero-order valence-corrected chi connectivity index (χ0v) is 13.5. The van der Waals surface area contributed by atoms with Gasteiger partial charge in [-0.15, -0.1) is 0 Å². The van der Waals surface area contributed by atoms with Crippen molar-refractivity contribution in [1.82, 2.24) is 0 Å². The van der Waals surface area contributed by atoms with Crippen LogP contribution in [-0.4, -0.2) is 30.1 Å². The van der Waals surface area contributed by atoms with Gasteiger partial charge in [-0.25, -0.2) is 0 Å². The molecule has 1 aromatic carbocycles. The van der Waals surface area contributed by atoms with E-state index in [1.165, 1.54) is 5.56 Å². The minimum Gasteiger partial charge on any atom is -0.377 e. The Morgan fingerprint density at radius 2 is 1.58 bits per heavy atom. The molecule has 0 aliphatic heterocycles.